The van der Waals surface area contributed by atoms with E-state index in [0.717, 1.165) is 6.42 Å². The highest BCUT2D eigenvalue weighted by molar-refractivity contribution is 14.2. The quantitative estimate of drug-likeness (QED) is 0.563. The van der Waals surface area contributed by atoms with Crippen LogP contribution >= 0.6 is 27.1 Å². The van der Waals surface area contributed by atoms with Crippen molar-refractivity contribution in [3.8, 4) is 0 Å². The van der Waals surface area contributed by atoms with Crippen molar-refractivity contribution in [2.75, 3.05) is 0 Å². The Morgan fingerprint density at radius 3 is 2.70 bits per heavy atom. The van der Waals surface area contributed by atoms with Gasteiger partial charge in [-0.3, -0.25) is 4.57 Å². The first-order valence-corrected chi connectivity index (χ1v) is 7.42. The van der Waals surface area contributed by atoms with Gasteiger partial charge in [0.25, 0.3) is 5.01 Å². The first-order chi connectivity index (χ1) is 4.50. The summed E-state index contributed by atoms with van der Waals surface area (Å²) in [6.45, 7) is 0. The largest absolute Gasteiger partial charge is 0.334 e. The molecule has 58 valence electrons. The first-order valence-electron chi connectivity index (χ1n) is 2.98. The summed E-state index contributed by atoms with van der Waals surface area (Å²) in [4.78, 5) is 9.05. The van der Waals surface area contributed by atoms with E-state index in [-0.39, 0.29) is 6.04 Å². The highest BCUT2D eigenvalue weighted by Crippen LogP contribution is 2.60. The second-order valence-corrected chi connectivity index (χ2v) is 7.90. The Morgan fingerprint density at radius 2 is 2.50 bits per heavy atom. The predicted octanol–water partition coefficient (Wildman–Crippen LogP) is 1.61. The van der Waals surface area contributed by atoms with E-state index < -0.39 is 5.01 Å². The molecule has 0 aromatic heterocycles. The van der Waals surface area contributed by atoms with Gasteiger partial charge in [0.2, 0.25) is 0 Å². The average molecular weight is 273 g/mol. The van der Waals surface area contributed by atoms with Crippen LogP contribution in [-0.2, 0) is 4.57 Å². The smallest absolute Gasteiger partial charge is 0.282 e. The van der Waals surface area contributed by atoms with Gasteiger partial charge in [-0.25, -0.2) is 0 Å². The van der Waals surface area contributed by atoms with E-state index in [0.29, 0.717) is 11.7 Å². The number of halogens is 1. The molecule has 3 nitrogen and oxygen atoms in total. The standard InChI is InChI=1S/C5H9INO2P/c6-10(8,9)5-2-1-4(7)3-5/h2,4H,1,3,7H2,(H,8,9). The number of hydrogen-bond acceptors (Lipinski definition) is 2. The Bertz CT molecular complexity index is 210. The normalized spacial score (nSPS) is 31.5. The van der Waals surface area contributed by atoms with E-state index in [4.69, 9.17) is 10.6 Å². The second-order valence-electron chi connectivity index (χ2n) is 2.40. The number of nitrogens with two attached hydrogens (primary N) is 1. The van der Waals surface area contributed by atoms with Gasteiger partial charge < -0.3 is 10.6 Å². The van der Waals surface area contributed by atoms with Crippen LogP contribution in [-0.4, -0.2) is 10.9 Å². The van der Waals surface area contributed by atoms with Crippen LogP contribution in [0.1, 0.15) is 12.8 Å². The first kappa shape index (κ1) is 8.71. The predicted molar refractivity (Wildman–Crippen MR) is 49.1 cm³/mol. The third-order valence-corrected chi connectivity index (χ3v) is 4.41. The van der Waals surface area contributed by atoms with Crippen LogP contribution < -0.4 is 5.73 Å². The minimum absolute atomic E-state index is 0.0604. The zero-order valence-corrected chi connectivity index (χ0v) is 8.38. The van der Waals surface area contributed by atoms with Crippen LogP contribution in [0, 0.1) is 0 Å². The van der Waals surface area contributed by atoms with Crippen molar-refractivity contribution >= 4 is 27.1 Å². The summed E-state index contributed by atoms with van der Waals surface area (Å²) in [6.07, 6.45) is 3.09. The lowest BCUT2D eigenvalue weighted by Crippen LogP contribution is -2.14. The maximum absolute atomic E-state index is 11.0. The molecule has 2 unspecified atom stereocenters. The average Bonchev–Trinajstić information content (AvgIpc) is 2.11. The molecular formula is C5H9INO2P. The molecule has 3 N–H and O–H groups in total. The molecule has 0 aromatic carbocycles. The minimum atomic E-state index is -3.00. The summed E-state index contributed by atoms with van der Waals surface area (Å²) in [5.41, 5.74) is 5.53. The molecule has 2 atom stereocenters. The monoisotopic (exact) mass is 273 g/mol. The molecule has 1 aliphatic rings. The van der Waals surface area contributed by atoms with Crippen LogP contribution in [0.2, 0.25) is 0 Å². The van der Waals surface area contributed by atoms with E-state index in [2.05, 4.69) is 0 Å². The Hall–Kier alpha value is 0.620. The van der Waals surface area contributed by atoms with Crippen molar-refractivity contribution in [1.29, 1.82) is 0 Å². The molecule has 1 aliphatic carbocycles. The summed E-state index contributed by atoms with van der Waals surface area (Å²) < 4.78 is 11.0. The van der Waals surface area contributed by atoms with Gasteiger partial charge in [0, 0.05) is 33.4 Å². The third-order valence-electron chi connectivity index (χ3n) is 1.48. The van der Waals surface area contributed by atoms with E-state index >= 15 is 0 Å². The molecule has 0 saturated heterocycles. The highest BCUT2D eigenvalue weighted by Gasteiger charge is 2.25. The van der Waals surface area contributed by atoms with Crippen LogP contribution in [0.4, 0.5) is 0 Å². The molecule has 1 rings (SSSR count). The number of hydrogen-bond donors (Lipinski definition) is 2. The fourth-order valence-electron chi connectivity index (χ4n) is 0.948. The van der Waals surface area contributed by atoms with Gasteiger partial charge in [-0.05, 0) is 12.8 Å². The topological polar surface area (TPSA) is 63.3 Å². The molecule has 10 heavy (non-hydrogen) atoms. The molecule has 0 saturated carbocycles. The Labute approximate surface area is 72.6 Å². The number of rotatable bonds is 1. The SMILES string of the molecule is NC1CC=C(P(=O)(O)I)C1. The molecule has 5 heteroatoms. The molecule has 0 bridgehead atoms. The van der Waals surface area contributed by atoms with Crippen molar-refractivity contribution in [1.82, 2.24) is 0 Å². The van der Waals surface area contributed by atoms with Crippen LogP contribution in [0.25, 0.3) is 0 Å². The summed E-state index contributed by atoms with van der Waals surface area (Å²) >= 11 is 1.58. The summed E-state index contributed by atoms with van der Waals surface area (Å²) in [7, 11) is 0. The lowest BCUT2D eigenvalue weighted by atomic mass is 10.3. The fourth-order valence-corrected chi connectivity index (χ4v) is 2.92. The second kappa shape index (κ2) is 2.93. The van der Waals surface area contributed by atoms with E-state index in [1.165, 1.54) is 0 Å². The van der Waals surface area contributed by atoms with Crippen molar-refractivity contribution in [3.63, 3.8) is 0 Å². The Balaban J connectivity index is 2.69. The maximum Gasteiger partial charge on any atom is 0.282 e. The lowest BCUT2D eigenvalue weighted by molar-refractivity contribution is 0.505. The Morgan fingerprint density at radius 1 is 1.90 bits per heavy atom. The lowest BCUT2D eigenvalue weighted by Gasteiger charge is -2.04. The van der Waals surface area contributed by atoms with Gasteiger partial charge in [-0.1, -0.05) is 6.08 Å². The van der Waals surface area contributed by atoms with Crippen molar-refractivity contribution in [2.45, 2.75) is 18.9 Å². The molecule has 0 amide bonds. The molecule has 0 spiro atoms. The Kier molecular flexibility index (Phi) is 2.55. The van der Waals surface area contributed by atoms with Crippen molar-refractivity contribution in [3.05, 3.63) is 11.4 Å². The maximum atomic E-state index is 11.0. The van der Waals surface area contributed by atoms with E-state index in [1.807, 2.05) is 0 Å². The third kappa shape index (κ3) is 2.05. The molecule has 0 heterocycles. The summed E-state index contributed by atoms with van der Waals surface area (Å²) in [5.74, 6) is 0. The zero-order valence-electron chi connectivity index (χ0n) is 5.33. The van der Waals surface area contributed by atoms with E-state index in [9.17, 15) is 4.57 Å². The van der Waals surface area contributed by atoms with Gasteiger partial charge in [0.15, 0.2) is 0 Å². The molecular weight excluding hydrogens is 264 g/mol. The highest BCUT2D eigenvalue weighted by atomic mass is 127. The van der Waals surface area contributed by atoms with Crippen LogP contribution in [0.15, 0.2) is 11.4 Å². The van der Waals surface area contributed by atoms with Crippen LogP contribution in [0.5, 0.6) is 0 Å². The zero-order chi connectivity index (χ0) is 7.78. The van der Waals surface area contributed by atoms with Gasteiger partial charge in [0.05, 0.1) is 0 Å². The molecule has 0 aromatic rings. The van der Waals surface area contributed by atoms with Gasteiger partial charge in [-0.2, -0.15) is 0 Å². The van der Waals surface area contributed by atoms with E-state index in [1.54, 1.807) is 28.1 Å². The van der Waals surface area contributed by atoms with Gasteiger partial charge in [0.1, 0.15) is 0 Å². The molecule has 0 radical (unpaired) electrons. The minimum Gasteiger partial charge on any atom is -0.334 e. The molecule has 0 aliphatic heterocycles. The van der Waals surface area contributed by atoms with Gasteiger partial charge >= 0.3 is 0 Å². The van der Waals surface area contributed by atoms with Gasteiger partial charge in [-0.15, -0.1) is 0 Å². The summed E-state index contributed by atoms with van der Waals surface area (Å²) in [6, 6.07) is 0.0604. The fraction of sp³-hybridized carbons (Fsp3) is 0.600. The van der Waals surface area contributed by atoms with Crippen molar-refractivity contribution < 1.29 is 9.46 Å². The van der Waals surface area contributed by atoms with Crippen LogP contribution in [0.3, 0.4) is 0 Å². The summed E-state index contributed by atoms with van der Waals surface area (Å²) in [5, 5.41) is -2.37. The molecule has 0 fully saturated rings. The van der Waals surface area contributed by atoms with Crippen molar-refractivity contribution in [2.24, 2.45) is 5.73 Å².